The largest absolute Gasteiger partial charge is 0.493 e. The van der Waals surface area contributed by atoms with E-state index >= 15 is 0 Å². The lowest BCUT2D eigenvalue weighted by Gasteiger charge is -2.13. The van der Waals surface area contributed by atoms with Crippen LogP contribution in [0.3, 0.4) is 0 Å². The molecule has 1 aliphatic carbocycles. The van der Waals surface area contributed by atoms with Crippen molar-refractivity contribution in [2.24, 2.45) is 4.99 Å². The van der Waals surface area contributed by atoms with Crippen LogP contribution in [0.4, 0.5) is 4.39 Å². The summed E-state index contributed by atoms with van der Waals surface area (Å²) >= 11 is 0. The number of hydrogen-bond donors (Lipinski definition) is 0. The van der Waals surface area contributed by atoms with Gasteiger partial charge in [-0.15, -0.1) is 17.0 Å². The molecule has 0 unspecified atom stereocenters. The number of isocyanates is 1. The van der Waals surface area contributed by atoms with Crippen LogP contribution in [0.5, 0.6) is 5.75 Å². The molecule has 2 rings (SSSR count). The van der Waals surface area contributed by atoms with Crippen molar-refractivity contribution in [3.8, 4) is 5.75 Å². The highest BCUT2D eigenvalue weighted by Gasteiger charge is 2.47. The summed E-state index contributed by atoms with van der Waals surface area (Å²) in [5, 5.41) is 0. The third-order valence-corrected chi connectivity index (χ3v) is 2.66. The molecule has 1 aromatic rings. The van der Waals surface area contributed by atoms with Crippen LogP contribution in [0.15, 0.2) is 23.2 Å². The van der Waals surface area contributed by atoms with Crippen LogP contribution in [-0.2, 0) is 10.3 Å². The van der Waals surface area contributed by atoms with Crippen molar-refractivity contribution in [1.82, 2.24) is 0 Å². The van der Waals surface area contributed by atoms with Gasteiger partial charge in [0.1, 0.15) is 5.54 Å². The Morgan fingerprint density at radius 2 is 2.19 bits per heavy atom. The lowest BCUT2D eigenvalue weighted by Crippen LogP contribution is -2.06. The van der Waals surface area contributed by atoms with Crippen molar-refractivity contribution in [3.63, 3.8) is 0 Å². The summed E-state index contributed by atoms with van der Waals surface area (Å²) < 4.78 is 18.4. The number of methoxy groups -OCH3 is 1. The summed E-state index contributed by atoms with van der Waals surface area (Å²) in [5.41, 5.74) is 0.0446. The quantitative estimate of drug-likeness (QED) is 0.633. The van der Waals surface area contributed by atoms with Crippen molar-refractivity contribution in [2.75, 3.05) is 7.11 Å². The molecule has 0 amide bonds. The second kappa shape index (κ2) is 4.76. The van der Waals surface area contributed by atoms with Gasteiger partial charge in [-0.1, -0.05) is 12.1 Å². The van der Waals surface area contributed by atoms with Crippen molar-refractivity contribution < 1.29 is 13.9 Å². The minimum atomic E-state index is -0.588. The zero-order valence-corrected chi connectivity index (χ0v) is 10.4. The third-order valence-electron chi connectivity index (χ3n) is 2.66. The molecule has 0 bridgehead atoms. The van der Waals surface area contributed by atoms with Gasteiger partial charge in [-0.05, 0) is 18.9 Å². The molecule has 16 heavy (non-hydrogen) atoms. The van der Waals surface area contributed by atoms with Gasteiger partial charge >= 0.3 is 0 Å². The Morgan fingerprint density at radius 1 is 1.50 bits per heavy atom. The van der Waals surface area contributed by atoms with Crippen LogP contribution in [-0.4, -0.2) is 13.2 Å². The fourth-order valence-electron chi connectivity index (χ4n) is 1.73. The highest BCUT2D eigenvalue weighted by molar-refractivity contribution is 8.93. The molecular formula is C11H11BrFNO2. The Kier molecular flexibility index (Phi) is 3.83. The predicted octanol–water partition coefficient (Wildman–Crippen LogP) is 2.74. The first kappa shape index (κ1) is 12.9. The molecular weight excluding hydrogens is 277 g/mol. The summed E-state index contributed by atoms with van der Waals surface area (Å²) in [6, 6.07) is 4.65. The van der Waals surface area contributed by atoms with Crippen LogP contribution in [0.1, 0.15) is 18.4 Å². The number of carbonyl (C=O) groups excluding carboxylic acids is 1. The van der Waals surface area contributed by atoms with E-state index in [1.165, 1.54) is 19.3 Å². The number of halogens is 2. The summed E-state index contributed by atoms with van der Waals surface area (Å²) in [6.07, 6.45) is 3.01. The van der Waals surface area contributed by atoms with Crippen molar-refractivity contribution >= 4 is 23.1 Å². The molecule has 1 aromatic carbocycles. The van der Waals surface area contributed by atoms with Crippen molar-refractivity contribution in [1.29, 1.82) is 0 Å². The van der Waals surface area contributed by atoms with Crippen molar-refractivity contribution in [3.05, 3.63) is 29.6 Å². The van der Waals surface area contributed by atoms with E-state index in [9.17, 15) is 9.18 Å². The maximum Gasteiger partial charge on any atom is 0.235 e. The molecule has 0 saturated heterocycles. The van der Waals surface area contributed by atoms with Gasteiger partial charge in [0, 0.05) is 5.56 Å². The van der Waals surface area contributed by atoms with Crippen LogP contribution >= 0.6 is 17.0 Å². The second-order valence-corrected chi connectivity index (χ2v) is 3.56. The topological polar surface area (TPSA) is 38.7 Å². The normalized spacial score (nSPS) is 15.6. The highest BCUT2D eigenvalue weighted by Crippen LogP contribution is 2.52. The number of benzene rings is 1. The van der Waals surface area contributed by atoms with E-state index in [4.69, 9.17) is 4.74 Å². The minimum absolute atomic E-state index is 0. The van der Waals surface area contributed by atoms with Gasteiger partial charge in [-0.3, -0.25) is 0 Å². The lowest BCUT2D eigenvalue weighted by atomic mass is 10.0. The number of rotatable bonds is 3. The maximum absolute atomic E-state index is 13.4. The fourth-order valence-corrected chi connectivity index (χ4v) is 1.73. The lowest BCUT2D eigenvalue weighted by molar-refractivity contribution is 0.376. The Labute approximate surface area is 103 Å². The SMILES string of the molecule is Br.COc1c(F)cccc1C1(N=C=O)CC1. The molecule has 1 saturated carbocycles. The predicted molar refractivity (Wildman–Crippen MR) is 62.3 cm³/mol. The summed E-state index contributed by atoms with van der Waals surface area (Å²) in [4.78, 5) is 14.0. The Morgan fingerprint density at radius 3 is 2.69 bits per heavy atom. The third kappa shape index (κ3) is 2.01. The average Bonchev–Trinajstić information content (AvgIpc) is 2.99. The van der Waals surface area contributed by atoms with Gasteiger partial charge in [-0.25, -0.2) is 9.18 Å². The molecule has 86 valence electrons. The van der Waals surface area contributed by atoms with E-state index in [1.54, 1.807) is 12.1 Å². The first-order chi connectivity index (χ1) is 7.23. The number of aliphatic imine (C=N–C) groups is 1. The molecule has 5 heteroatoms. The summed E-state index contributed by atoms with van der Waals surface area (Å²) in [5.74, 6) is -0.253. The van der Waals surface area contributed by atoms with Crippen LogP contribution in [0.2, 0.25) is 0 Å². The first-order valence-corrected chi connectivity index (χ1v) is 4.65. The molecule has 0 heterocycles. The number of nitrogens with zero attached hydrogens (tertiary/aromatic N) is 1. The maximum atomic E-state index is 13.4. The Balaban J connectivity index is 0.00000128. The van der Waals surface area contributed by atoms with Gasteiger partial charge in [0.05, 0.1) is 7.11 Å². The minimum Gasteiger partial charge on any atom is -0.493 e. The average molecular weight is 288 g/mol. The van der Waals surface area contributed by atoms with Crippen LogP contribution in [0.25, 0.3) is 0 Å². The van der Waals surface area contributed by atoms with Gasteiger partial charge in [0.15, 0.2) is 11.6 Å². The Bertz CT molecular complexity index is 440. The van der Waals surface area contributed by atoms with Gasteiger partial charge in [0.2, 0.25) is 6.08 Å². The van der Waals surface area contributed by atoms with E-state index in [-0.39, 0.29) is 22.7 Å². The fraction of sp³-hybridized carbons (Fsp3) is 0.364. The van der Waals surface area contributed by atoms with E-state index in [2.05, 4.69) is 4.99 Å². The summed E-state index contributed by atoms with van der Waals surface area (Å²) in [7, 11) is 1.41. The Hall–Kier alpha value is -1.19. The molecule has 0 spiro atoms. The molecule has 0 aliphatic heterocycles. The van der Waals surface area contributed by atoms with Crippen LogP contribution in [0, 0.1) is 5.82 Å². The van der Waals surface area contributed by atoms with Gasteiger partial charge in [0.25, 0.3) is 0 Å². The van der Waals surface area contributed by atoms with Crippen LogP contribution < -0.4 is 4.74 Å². The number of ether oxygens (including phenoxy) is 1. The van der Waals surface area contributed by atoms with Gasteiger partial charge in [-0.2, -0.15) is 4.99 Å². The first-order valence-electron chi connectivity index (χ1n) is 4.65. The van der Waals surface area contributed by atoms with E-state index in [1.807, 2.05) is 0 Å². The molecule has 1 fully saturated rings. The monoisotopic (exact) mass is 287 g/mol. The molecule has 0 aromatic heterocycles. The number of hydrogen-bond acceptors (Lipinski definition) is 3. The van der Waals surface area contributed by atoms with E-state index in [0.29, 0.717) is 5.56 Å². The second-order valence-electron chi connectivity index (χ2n) is 3.56. The number of para-hydroxylation sites is 1. The summed E-state index contributed by atoms with van der Waals surface area (Å²) in [6.45, 7) is 0. The standard InChI is InChI=1S/C11H10FNO2.BrH/c1-15-10-8(3-2-4-9(10)12)11(5-6-11)13-7-14;/h2-4H,5-6H2,1H3;1H. The van der Waals surface area contributed by atoms with E-state index < -0.39 is 11.4 Å². The highest BCUT2D eigenvalue weighted by atomic mass is 79.9. The van der Waals surface area contributed by atoms with Gasteiger partial charge < -0.3 is 4.74 Å². The van der Waals surface area contributed by atoms with E-state index in [0.717, 1.165) is 12.8 Å². The molecule has 1 aliphatic rings. The molecule has 0 radical (unpaired) electrons. The molecule has 3 nitrogen and oxygen atoms in total. The molecule has 0 atom stereocenters. The zero-order valence-electron chi connectivity index (χ0n) is 8.70. The smallest absolute Gasteiger partial charge is 0.235 e. The van der Waals surface area contributed by atoms with Crippen molar-refractivity contribution in [2.45, 2.75) is 18.4 Å². The molecule has 0 N–H and O–H groups in total. The zero-order chi connectivity index (χ0) is 10.9.